The second-order valence-electron chi connectivity index (χ2n) is 4.20. The first-order valence-corrected chi connectivity index (χ1v) is 6.95. The van der Waals surface area contributed by atoms with Crippen LogP contribution in [-0.2, 0) is 9.53 Å². The van der Waals surface area contributed by atoms with Crippen LogP contribution in [0.25, 0.3) is 0 Å². The summed E-state index contributed by atoms with van der Waals surface area (Å²) in [6.45, 7) is 9.17. The standard InChI is InChI=1S/C15H24N2O2/c1-4-17(5-2)14-9-7-13(8-10-14)16-12-11-15(18)19-6-3/h7-10,16H,4-6,11-12H2,1-3H3. The van der Waals surface area contributed by atoms with E-state index < -0.39 is 0 Å². The molecule has 0 heterocycles. The van der Waals surface area contributed by atoms with E-state index in [-0.39, 0.29) is 5.97 Å². The predicted molar refractivity (Wildman–Crippen MR) is 79.7 cm³/mol. The Morgan fingerprint density at radius 2 is 1.79 bits per heavy atom. The van der Waals surface area contributed by atoms with Crippen molar-refractivity contribution in [3.63, 3.8) is 0 Å². The lowest BCUT2D eigenvalue weighted by Gasteiger charge is -2.21. The van der Waals surface area contributed by atoms with Crippen molar-refractivity contribution in [2.24, 2.45) is 0 Å². The van der Waals surface area contributed by atoms with Crippen molar-refractivity contribution in [1.29, 1.82) is 0 Å². The van der Waals surface area contributed by atoms with Crippen LogP contribution in [0.1, 0.15) is 27.2 Å². The first kappa shape index (κ1) is 15.3. The summed E-state index contributed by atoms with van der Waals surface area (Å²) in [7, 11) is 0. The predicted octanol–water partition coefficient (Wildman–Crippen LogP) is 2.90. The third kappa shape index (κ3) is 5.20. The third-order valence-corrected chi connectivity index (χ3v) is 2.96. The van der Waals surface area contributed by atoms with Crippen LogP contribution >= 0.6 is 0 Å². The number of hydrogen-bond acceptors (Lipinski definition) is 4. The van der Waals surface area contributed by atoms with Gasteiger partial charge in [-0.25, -0.2) is 0 Å². The van der Waals surface area contributed by atoms with Crippen LogP contribution in [0.2, 0.25) is 0 Å². The van der Waals surface area contributed by atoms with Gasteiger partial charge in [-0.05, 0) is 45.0 Å². The number of anilines is 2. The van der Waals surface area contributed by atoms with Gasteiger partial charge in [0, 0.05) is 31.0 Å². The number of nitrogens with one attached hydrogen (secondary N) is 1. The molecule has 19 heavy (non-hydrogen) atoms. The second kappa shape index (κ2) is 8.40. The lowest BCUT2D eigenvalue weighted by molar-refractivity contribution is -0.142. The molecule has 0 amide bonds. The molecule has 0 spiro atoms. The Balaban J connectivity index is 2.42. The Morgan fingerprint density at radius 1 is 1.16 bits per heavy atom. The number of esters is 1. The molecule has 0 unspecified atom stereocenters. The van der Waals surface area contributed by atoms with Gasteiger partial charge >= 0.3 is 5.97 Å². The zero-order chi connectivity index (χ0) is 14.1. The summed E-state index contributed by atoms with van der Waals surface area (Å²) in [6, 6.07) is 8.27. The second-order valence-corrected chi connectivity index (χ2v) is 4.20. The molecule has 0 saturated heterocycles. The van der Waals surface area contributed by atoms with Crippen LogP contribution < -0.4 is 10.2 Å². The van der Waals surface area contributed by atoms with E-state index in [2.05, 4.69) is 36.2 Å². The molecule has 0 aromatic heterocycles. The van der Waals surface area contributed by atoms with Gasteiger partial charge in [-0.2, -0.15) is 0 Å². The van der Waals surface area contributed by atoms with Crippen LogP contribution in [0.3, 0.4) is 0 Å². The van der Waals surface area contributed by atoms with E-state index in [1.165, 1.54) is 5.69 Å². The average Bonchev–Trinajstić information content (AvgIpc) is 2.42. The summed E-state index contributed by atoms with van der Waals surface area (Å²) >= 11 is 0. The lowest BCUT2D eigenvalue weighted by atomic mass is 10.2. The van der Waals surface area contributed by atoms with Gasteiger partial charge in [0.05, 0.1) is 13.0 Å². The van der Waals surface area contributed by atoms with E-state index >= 15 is 0 Å². The molecule has 0 aliphatic carbocycles. The number of nitrogens with zero attached hydrogens (tertiary/aromatic N) is 1. The van der Waals surface area contributed by atoms with Crippen molar-refractivity contribution < 1.29 is 9.53 Å². The molecular formula is C15H24N2O2. The van der Waals surface area contributed by atoms with Gasteiger partial charge in [0.2, 0.25) is 0 Å². The van der Waals surface area contributed by atoms with Crippen molar-refractivity contribution in [2.75, 3.05) is 36.5 Å². The number of hydrogen-bond donors (Lipinski definition) is 1. The van der Waals surface area contributed by atoms with Crippen molar-refractivity contribution in [2.45, 2.75) is 27.2 Å². The Kier molecular flexibility index (Phi) is 6.79. The maximum absolute atomic E-state index is 11.2. The summed E-state index contributed by atoms with van der Waals surface area (Å²) in [5.74, 6) is -0.158. The molecule has 0 atom stereocenters. The maximum Gasteiger partial charge on any atom is 0.307 e. The maximum atomic E-state index is 11.2. The minimum Gasteiger partial charge on any atom is -0.466 e. The molecule has 0 bridgehead atoms. The molecule has 0 radical (unpaired) electrons. The van der Waals surface area contributed by atoms with E-state index in [4.69, 9.17) is 4.74 Å². The van der Waals surface area contributed by atoms with E-state index in [1.807, 2.05) is 19.1 Å². The van der Waals surface area contributed by atoms with Crippen molar-refractivity contribution in [3.8, 4) is 0 Å². The van der Waals surface area contributed by atoms with Gasteiger partial charge in [-0.3, -0.25) is 4.79 Å². The Bertz CT molecular complexity index is 372. The first-order chi connectivity index (χ1) is 9.21. The molecule has 4 heteroatoms. The van der Waals surface area contributed by atoms with Crippen molar-refractivity contribution >= 4 is 17.3 Å². The number of rotatable bonds is 8. The fourth-order valence-electron chi connectivity index (χ4n) is 1.92. The minimum absolute atomic E-state index is 0.158. The van der Waals surface area contributed by atoms with Crippen LogP contribution in [0.4, 0.5) is 11.4 Å². The quantitative estimate of drug-likeness (QED) is 0.733. The third-order valence-electron chi connectivity index (χ3n) is 2.96. The van der Waals surface area contributed by atoms with Gasteiger partial charge in [0.1, 0.15) is 0 Å². The lowest BCUT2D eigenvalue weighted by Crippen LogP contribution is -2.21. The average molecular weight is 264 g/mol. The van der Waals surface area contributed by atoms with Gasteiger partial charge in [-0.15, -0.1) is 0 Å². The highest BCUT2D eigenvalue weighted by Crippen LogP contribution is 2.17. The minimum atomic E-state index is -0.158. The van der Waals surface area contributed by atoms with Crippen LogP contribution in [0.5, 0.6) is 0 Å². The fraction of sp³-hybridized carbons (Fsp3) is 0.533. The normalized spacial score (nSPS) is 10.1. The number of benzene rings is 1. The Labute approximate surface area is 115 Å². The van der Waals surface area contributed by atoms with Gasteiger partial charge in [0.25, 0.3) is 0 Å². The van der Waals surface area contributed by atoms with E-state index in [0.717, 1.165) is 18.8 Å². The summed E-state index contributed by atoms with van der Waals surface area (Å²) in [6.07, 6.45) is 0.394. The molecule has 0 aliphatic heterocycles. The highest BCUT2D eigenvalue weighted by Gasteiger charge is 2.03. The molecule has 0 aliphatic rings. The highest BCUT2D eigenvalue weighted by molar-refractivity contribution is 5.70. The van der Waals surface area contributed by atoms with Crippen LogP contribution in [-0.4, -0.2) is 32.2 Å². The highest BCUT2D eigenvalue weighted by atomic mass is 16.5. The summed E-state index contributed by atoms with van der Waals surface area (Å²) < 4.78 is 4.87. The van der Waals surface area contributed by atoms with E-state index in [9.17, 15) is 4.79 Å². The largest absolute Gasteiger partial charge is 0.466 e. The zero-order valence-corrected chi connectivity index (χ0v) is 12.1. The molecule has 0 fully saturated rings. The summed E-state index contributed by atoms with van der Waals surface area (Å²) in [5.41, 5.74) is 2.25. The molecule has 1 N–H and O–H groups in total. The first-order valence-electron chi connectivity index (χ1n) is 6.95. The summed E-state index contributed by atoms with van der Waals surface area (Å²) in [5, 5.41) is 3.22. The van der Waals surface area contributed by atoms with Crippen LogP contribution in [0, 0.1) is 0 Å². The van der Waals surface area contributed by atoms with Crippen molar-refractivity contribution in [1.82, 2.24) is 0 Å². The van der Waals surface area contributed by atoms with Crippen molar-refractivity contribution in [3.05, 3.63) is 24.3 Å². The zero-order valence-electron chi connectivity index (χ0n) is 12.1. The molecule has 1 aromatic carbocycles. The molecule has 1 rings (SSSR count). The van der Waals surface area contributed by atoms with Gasteiger partial charge in [0.15, 0.2) is 0 Å². The molecule has 106 valence electrons. The van der Waals surface area contributed by atoms with E-state index in [1.54, 1.807) is 0 Å². The Morgan fingerprint density at radius 3 is 2.32 bits per heavy atom. The van der Waals surface area contributed by atoms with Gasteiger partial charge in [-0.1, -0.05) is 0 Å². The number of carbonyl (C=O) groups is 1. The summed E-state index contributed by atoms with van der Waals surface area (Å²) in [4.78, 5) is 13.5. The van der Waals surface area contributed by atoms with E-state index in [0.29, 0.717) is 19.6 Å². The van der Waals surface area contributed by atoms with Crippen LogP contribution in [0.15, 0.2) is 24.3 Å². The fourth-order valence-corrected chi connectivity index (χ4v) is 1.92. The monoisotopic (exact) mass is 264 g/mol. The molecular weight excluding hydrogens is 240 g/mol. The Hall–Kier alpha value is -1.71. The topological polar surface area (TPSA) is 41.6 Å². The van der Waals surface area contributed by atoms with Gasteiger partial charge < -0.3 is 15.0 Å². The SMILES string of the molecule is CCOC(=O)CCNc1ccc(N(CC)CC)cc1. The number of carbonyl (C=O) groups excluding carboxylic acids is 1. The molecule has 4 nitrogen and oxygen atoms in total. The molecule has 0 saturated carbocycles. The smallest absolute Gasteiger partial charge is 0.307 e. The number of ether oxygens (including phenoxy) is 1. The molecule has 1 aromatic rings.